The molecule has 108 valence electrons. The molecule has 2 aromatic carbocycles. The van der Waals surface area contributed by atoms with Crippen molar-refractivity contribution in [3.05, 3.63) is 63.5 Å². The van der Waals surface area contributed by atoms with Gasteiger partial charge in [-0.3, -0.25) is 14.9 Å². The fraction of sp³-hybridized carbons (Fsp3) is 0.0714. The van der Waals surface area contributed by atoms with Gasteiger partial charge >= 0.3 is 0 Å². The van der Waals surface area contributed by atoms with Crippen LogP contribution in [0, 0.1) is 22.9 Å². The highest BCUT2D eigenvalue weighted by molar-refractivity contribution is 6.05. The number of hydrogen-bond acceptors (Lipinski definition) is 4. The molecule has 0 radical (unpaired) electrons. The minimum absolute atomic E-state index is 0.0193. The lowest BCUT2D eigenvalue weighted by Gasteiger charge is -2.07. The summed E-state index contributed by atoms with van der Waals surface area (Å²) < 4.78 is 13.1. The van der Waals surface area contributed by atoms with Crippen LogP contribution >= 0.6 is 0 Å². The number of nitrogens with one attached hydrogen (secondary N) is 1. The molecule has 0 aromatic heterocycles. The van der Waals surface area contributed by atoms with Gasteiger partial charge in [0, 0.05) is 17.3 Å². The van der Waals surface area contributed by atoms with Crippen molar-refractivity contribution in [3.63, 3.8) is 0 Å². The molecule has 2 aromatic rings. The normalized spacial score (nSPS) is 10.2. The zero-order valence-electron chi connectivity index (χ0n) is 11.1. The summed E-state index contributed by atoms with van der Waals surface area (Å²) in [6.45, 7) is 1.57. The number of nitrogen functional groups attached to an aromatic ring is 1. The van der Waals surface area contributed by atoms with Gasteiger partial charge in [-0.2, -0.15) is 0 Å². The van der Waals surface area contributed by atoms with E-state index in [2.05, 4.69) is 5.32 Å². The summed E-state index contributed by atoms with van der Waals surface area (Å²) in [5, 5.41) is 13.3. The maximum absolute atomic E-state index is 13.1. The minimum Gasteiger partial charge on any atom is -0.393 e. The summed E-state index contributed by atoms with van der Waals surface area (Å²) in [6, 6.07) is 7.89. The van der Waals surface area contributed by atoms with Crippen molar-refractivity contribution in [2.45, 2.75) is 6.92 Å². The predicted molar refractivity (Wildman–Crippen MR) is 76.6 cm³/mol. The van der Waals surface area contributed by atoms with Crippen molar-refractivity contribution in [1.82, 2.24) is 0 Å². The van der Waals surface area contributed by atoms with Crippen LogP contribution in [-0.4, -0.2) is 10.8 Å². The number of hydrogen-bond donors (Lipinski definition) is 2. The van der Waals surface area contributed by atoms with Crippen molar-refractivity contribution in [2.75, 3.05) is 11.1 Å². The molecule has 0 spiro atoms. The van der Waals surface area contributed by atoms with E-state index >= 15 is 0 Å². The number of carbonyl (C=O) groups excluding carboxylic acids is 1. The van der Waals surface area contributed by atoms with E-state index in [0.717, 1.165) is 6.07 Å². The molecule has 0 aliphatic carbocycles. The van der Waals surface area contributed by atoms with Gasteiger partial charge in [-0.25, -0.2) is 4.39 Å². The molecule has 0 heterocycles. The average molecular weight is 289 g/mol. The van der Waals surface area contributed by atoms with Crippen LogP contribution in [0.15, 0.2) is 36.4 Å². The Balaban J connectivity index is 2.26. The average Bonchev–Trinajstić information content (AvgIpc) is 2.43. The maximum atomic E-state index is 13.1. The summed E-state index contributed by atoms with van der Waals surface area (Å²) >= 11 is 0. The van der Waals surface area contributed by atoms with E-state index in [0.29, 0.717) is 11.3 Å². The third kappa shape index (κ3) is 3.14. The van der Waals surface area contributed by atoms with Gasteiger partial charge < -0.3 is 11.1 Å². The Labute approximate surface area is 119 Å². The molecule has 2 rings (SSSR count). The van der Waals surface area contributed by atoms with Gasteiger partial charge in [-0.1, -0.05) is 0 Å². The Morgan fingerprint density at radius 3 is 2.62 bits per heavy atom. The van der Waals surface area contributed by atoms with Crippen LogP contribution in [0.5, 0.6) is 0 Å². The van der Waals surface area contributed by atoms with Crippen LogP contribution < -0.4 is 11.1 Å². The summed E-state index contributed by atoms with van der Waals surface area (Å²) in [5.41, 5.74) is 5.99. The van der Waals surface area contributed by atoms with Crippen molar-refractivity contribution >= 4 is 23.0 Å². The van der Waals surface area contributed by atoms with Crippen molar-refractivity contribution in [2.24, 2.45) is 0 Å². The highest BCUT2D eigenvalue weighted by atomic mass is 19.1. The molecule has 21 heavy (non-hydrogen) atoms. The van der Waals surface area contributed by atoms with E-state index in [1.807, 2.05) is 0 Å². The number of nitro benzene ring substituents is 1. The van der Waals surface area contributed by atoms with Gasteiger partial charge in [-0.05, 0) is 42.8 Å². The molecule has 0 unspecified atom stereocenters. The number of amides is 1. The van der Waals surface area contributed by atoms with Crippen molar-refractivity contribution in [3.8, 4) is 0 Å². The molecule has 0 saturated carbocycles. The second-order valence-electron chi connectivity index (χ2n) is 4.45. The largest absolute Gasteiger partial charge is 0.393 e. The Morgan fingerprint density at radius 1 is 1.29 bits per heavy atom. The van der Waals surface area contributed by atoms with E-state index in [4.69, 9.17) is 5.73 Å². The van der Waals surface area contributed by atoms with E-state index in [-0.39, 0.29) is 22.8 Å². The number of carbonyl (C=O) groups is 1. The molecule has 3 N–H and O–H groups in total. The van der Waals surface area contributed by atoms with Crippen LogP contribution in [0.1, 0.15) is 15.9 Å². The van der Waals surface area contributed by atoms with Crippen LogP contribution in [0.2, 0.25) is 0 Å². The molecule has 0 saturated heterocycles. The van der Waals surface area contributed by atoms with Crippen LogP contribution in [0.25, 0.3) is 0 Å². The standard InChI is InChI=1S/C14H12FN3O3/c1-8-6-10(3-4-11(8)15)17-14(19)9-2-5-12(16)13(7-9)18(20)21/h2-7H,16H2,1H3,(H,17,19). The highest BCUT2D eigenvalue weighted by Gasteiger charge is 2.16. The van der Waals surface area contributed by atoms with Gasteiger partial charge in [0.2, 0.25) is 0 Å². The van der Waals surface area contributed by atoms with Gasteiger partial charge in [0.1, 0.15) is 11.5 Å². The Morgan fingerprint density at radius 2 is 2.00 bits per heavy atom. The molecular weight excluding hydrogens is 277 g/mol. The van der Waals surface area contributed by atoms with Crippen molar-refractivity contribution in [1.29, 1.82) is 0 Å². The third-order valence-electron chi connectivity index (χ3n) is 2.91. The number of aryl methyl sites for hydroxylation is 1. The zero-order valence-corrected chi connectivity index (χ0v) is 11.1. The number of nitro groups is 1. The molecule has 0 aliphatic heterocycles. The van der Waals surface area contributed by atoms with E-state index in [1.54, 1.807) is 6.92 Å². The lowest BCUT2D eigenvalue weighted by molar-refractivity contribution is -0.383. The first-order valence-corrected chi connectivity index (χ1v) is 6.00. The topological polar surface area (TPSA) is 98.3 Å². The summed E-state index contributed by atoms with van der Waals surface area (Å²) in [6.07, 6.45) is 0. The number of nitrogens with two attached hydrogens (primary N) is 1. The van der Waals surface area contributed by atoms with Crippen molar-refractivity contribution < 1.29 is 14.1 Å². The fourth-order valence-corrected chi connectivity index (χ4v) is 1.77. The second-order valence-corrected chi connectivity index (χ2v) is 4.45. The van der Waals surface area contributed by atoms with E-state index in [1.165, 1.54) is 30.3 Å². The SMILES string of the molecule is Cc1cc(NC(=O)c2ccc(N)c([N+](=O)[O-])c2)ccc1F. The lowest BCUT2D eigenvalue weighted by Crippen LogP contribution is -2.12. The molecule has 0 bridgehead atoms. The lowest BCUT2D eigenvalue weighted by atomic mass is 10.1. The number of anilines is 2. The molecule has 7 heteroatoms. The van der Waals surface area contributed by atoms with E-state index < -0.39 is 10.8 Å². The number of rotatable bonds is 3. The maximum Gasteiger partial charge on any atom is 0.292 e. The smallest absolute Gasteiger partial charge is 0.292 e. The number of halogens is 1. The van der Waals surface area contributed by atoms with Crippen LogP contribution in [-0.2, 0) is 0 Å². The third-order valence-corrected chi connectivity index (χ3v) is 2.91. The van der Waals surface area contributed by atoms with Gasteiger partial charge in [0.15, 0.2) is 0 Å². The Kier molecular flexibility index (Phi) is 3.84. The van der Waals surface area contributed by atoms with Gasteiger partial charge in [-0.15, -0.1) is 0 Å². The number of benzene rings is 2. The van der Waals surface area contributed by atoms with Crippen LogP contribution in [0.4, 0.5) is 21.5 Å². The zero-order chi connectivity index (χ0) is 15.6. The summed E-state index contributed by atoms with van der Waals surface area (Å²) in [5.74, 6) is -0.916. The number of nitrogens with zero attached hydrogens (tertiary/aromatic N) is 1. The molecule has 6 nitrogen and oxygen atoms in total. The second kappa shape index (κ2) is 5.58. The molecule has 1 amide bonds. The predicted octanol–water partition coefficient (Wildman–Crippen LogP) is 2.88. The van der Waals surface area contributed by atoms with Gasteiger partial charge in [0.25, 0.3) is 11.6 Å². The summed E-state index contributed by atoms with van der Waals surface area (Å²) in [7, 11) is 0. The molecule has 0 atom stereocenters. The fourth-order valence-electron chi connectivity index (χ4n) is 1.77. The van der Waals surface area contributed by atoms with E-state index in [9.17, 15) is 19.3 Å². The molecule has 0 fully saturated rings. The first kappa shape index (κ1) is 14.4. The molecule has 0 aliphatic rings. The summed E-state index contributed by atoms with van der Waals surface area (Å²) in [4.78, 5) is 22.2. The first-order chi connectivity index (χ1) is 9.88. The van der Waals surface area contributed by atoms with Gasteiger partial charge in [0.05, 0.1) is 4.92 Å². The molecular formula is C14H12FN3O3. The van der Waals surface area contributed by atoms with Crippen LogP contribution in [0.3, 0.4) is 0 Å². The quantitative estimate of drug-likeness (QED) is 0.515. The Hall–Kier alpha value is -2.96. The monoisotopic (exact) mass is 289 g/mol. The Bertz CT molecular complexity index is 731. The first-order valence-electron chi connectivity index (χ1n) is 6.00. The minimum atomic E-state index is -0.659. The highest BCUT2D eigenvalue weighted by Crippen LogP contribution is 2.23.